The summed E-state index contributed by atoms with van der Waals surface area (Å²) < 4.78 is 11.5. The predicted octanol–water partition coefficient (Wildman–Crippen LogP) is 2.89. The lowest BCUT2D eigenvalue weighted by Gasteiger charge is -2.38. The van der Waals surface area contributed by atoms with E-state index in [4.69, 9.17) is 9.47 Å². The smallest absolute Gasteiger partial charge is 0.228 e. The topological polar surface area (TPSA) is 63.7 Å². The first-order valence-electron chi connectivity index (χ1n) is 9.88. The molecule has 0 bridgehead atoms. The number of hydrogen-bond acceptors (Lipinski definition) is 5. The normalized spacial score (nSPS) is 20.9. The minimum Gasteiger partial charge on any atom is -0.497 e. The van der Waals surface area contributed by atoms with Gasteiger partial charge in [-0.05, 0) is 43.5 Å². The van der Waals surface area contributed by atoms with E-state index in [0.717, 1.165) is 49.5 Å². The first kappa shape index (κ1) is 18.7. The van der Waals surface area contributed by atoms with Crippen molar-refractivity contribution in [3.05, 3.63) is 54.4 Å². The number of methoxy groups -OCH3 is 1. The molecular formula is C22H27N3O3. The van der Waals surface area contributed by atoms with Crippen molar-refractivity contribution in [1.82, 2.24) is 9.88 Å². The lowest BCUT2D eigenvalue weighted by Crippen LogP contribution is -2.47. The molecule has 0 unspecified atom stereocenters. The quantitative estimate of drug-likeness (QED) is 0.863. The Morgan fingerprint density at radius 2 is 2.14 bits per heavy atom. The SMILES string of the molecule is COc1cccc(N[C@@H]2COC3(CCN(C(=O)Cc4ccccn4)CC3)C2)c1. The van der Waals surface area contributed by atoms with E-state index >= 15 is 0 Å². The number of anilines is 1. The second-order valence-corrected chi connectivity index (χ2v) is 7.65. The van der Waals surface area contributed by atoms with E-state index in [1.807, 2.05) is 47.4 Å². The third kappa shape index (κ3) is 4.28. The lowest BCUT2D eigenvalue weighted by molar-refractivity contribution is -0.135. The average molecular weight is 381 g/mol. The van der Waals surface area contributed by atoms with E-state index in [1.54, 1.807) is 13.3 Å². The van der Waals surface area contributed by atoms with Gasteiger partial charge in [-0.25, -0.2) is 0 Å². The molecule has 6 nitrogen and oxygen atoms in total. The third-order valence-corrected chi connectivity index (χ3v) is 5.74. The molecule has 6 heteroatoms. The molecule has 2 saturated heterocycles. The summed E-state index contributed by atoms with van der Waals surface area (Å²) in [6.45, 7) is 2.19. The zero-order valence-corrected chi connectivity index (χ0v) is 16.3. The number of benzene rings is 1. The number of nitrogens with zero attached hydrogens (tertiary/aromatic N) is 2. The van der Waals surface area contributed by atoms with Gasteiger partial charge in [0.15, 0.2) is 0 Å². The Morgan fingerprint density at radius 1 is 1.29 bits per heavy atom. The molecule has 0 aliphatic carbocycles. The highest BCUT2D eigenvalue weighted by Gasteiger charge is 2.43. The molecule has 1 spiro atoms. The molecule has 2 aliphatic rings. The Labute approximate surface area is 165 Å². The Balaban J connectivity index is 1.29. The van der Waals surface area contributed by atoms with Gasteiger partial charge in [-0.15, -0.1) is 0 Å². The van der Waals surface area contributed by atoms with Crippen molar-refractivity contribution in [2.45, 2.75) is 37.3 Å². The molecule has 148 valence electrons. The molecule has 1 atom stereocenters. The van der Waals surface area contributed by atoms with E-state index in [2.05, 4.69) is 10.3 Å². The van der Waals surface area contributed by atoms with Gasteiger partial charge in [0.05, 0.1) is 31.8 Å². The minimum atomic E-state index is -0.113. The van der Waals surface area contributed by atoms with Gasteiger partial charge in [-0.1, -0.05) is 12.1 Å². The van der Waals surface area contributed by atoms with Gasteiger partial charge in [-0.3, -0.25) is 9.78 Å². The van der Waals surface area contributed by atoms with Gasteiger partial charge in [0.25, 0.3) is 0 Å². The molecule has 1 amide bonds. The van der Waals surface area contributed by atoms with Gasteiger partial charge < -0.3 is 19.7 Å². The average Bonchev–Trinajstić information content (AvgIpc) is 3.11. The highest BCUT2D eigenvalue weighted by molar-refractivity contribution is 5.78. The van der Waals surface area contributed by atoms with E-state index in [0.29, 0.717) is 13.0 Å². The number of amides is 1. The maximum absolute atomic E-state index is 12.6. The molecule has 28 heavy (non-hydrogen) atoms. The molecule has 1 aromatic heterocycles. The van der Waals surface area contributed by atoms with Gasteiger partial charge in [0.2, 0.25) is 5.91 Å². The van der Waals surface area contributed by atoms with Crippen LogP contribution < -0.4 is 10.1 Å². The number of nitrogens with one attached hydrogen (secondary N) is 1. The monoisotopic (exact) mass is 381 g/mol. The molecule has 2 aliphatic heterocycles. The molecule has 1 aromatic carbocycles. The fourth-order valence-electron chi connectivity index (χ4n) is 4.17. The second-order valence-electron chi connectivity index (χ2n) is 7.65. The number of ether oxygens (including phenoxy) is 2. The number of pyridine rings is 1. The van der Waals surface area contributed by atoms with Gasteiger partial charge >= 0.3 is 0 Å². The van der Waals surface area contributed by atoms with Crippen molar-refractivity contribution in [3.63, 3.8) is 0 Å². The van der Waals surface area contributed by atoms with E-state index in [9.17, 15) is 4.79 Å². The van der Waals surface area contributed by atoms with Crippen molar-refractivity contribution in [1.29, 1.82) is 0 Å². The summed E-state index contributed by atoms with van der Waals surface area (Å²) in [5.74, 6) is 0.996. The summed E-state index contributed by atoms with van der Waals surface area (Å²) in [7, 11) is 1.68. The summed E-state index contributed by atoms with van der Waals surface area (Å²) in [6, 6.07) is 13.9. The molecule has 0 saturated carbocycles. The van der Waals surface area contributed by atoms with Crippen LogP contribution in [-0.2, 0) is 16.0 Å². The van der Waals surface area contributed by atoms with Gasteiger partial charge in [0, 0.05) is 36.7 Å². The van der Waals surface area contributed by atoms with Gasteiger partial charge in [0.1, 0.15) is 5.75 Å². The highest BCUT2D eigenvalue weighted by atomic mass is 16.5. The highest BCUT2D eigenvalue weighted by Crippen LogP contribution is 2.37. The number of carbonyl (C=O) groups excluding carboxylic acids is 1. The molecular weight excluding hydrogens is 354 g/mol. The summed E-state index contributed by atoms with van der Waals surface area (Å²) in [6.07, 6.45) is 4.84. The van der Waals surface area contributed by atoms with Crippen molar-refractivity contribution < 1.29 is 14.3 Å². The van der Waals surface area contributed by atoms with Crippen LogP contribution in [0.5, 0.6) is 5.75 Å². The molecule has 4 rings (SSSR count). The number of piperidine rings is 1. The standard InChI is InChI=1S/C22H27N3O3/c1-27-20-7-4-6-18(13-20)24-19-15-22(28-16-19)8-11-25(12-9-22)21(26)14-17-5-2-3-10-23-17/h2-7,10,13,19,24H,8-9,11-12,14-16H2,1H3/t19-/m0/s1. The molecule has 0 radical (unpaired) electrons. The molecule has 2 aromatic rings. The summed E-state index contributed by atoms with van der Waals surface area (Å²) in [4.78, 5) is 18.8. The van der Waals surface area contributed by atoms with Crippen LogP contribution in [0, 0.1) is 0 Å². The predicted molar refractivity (Wildman–Crippen MR) is 107 cm³/mol. The van der Waals surface area contributed by atoms with Crippen LogP contribution in [0.2, 0.25) is 0 Å². The Morgan fingerprint density at radius 3 is 2.89 bits per heavy atom. The van der Waals surface area contributed by atoms with Crippen LogP contribution in [0.15, 0.2) is 48.7 Å². The fraction of sp³-hybridized carbons (Fsp3) is 0.455. The minimum absolute atomic E-state index is 0.113. The lowest BCUT2D eigenvalue weighted by atomic mass is 9.87. The molecule has 2 fully saturated rings. The molecule has 3 heterocycles. The zero-order chi connectivity index (χ0) is 19.4. The summed E-state index contributed by atoms with van der Waals surface area (Å²) in [5.41, 5.74) is 1.76. The van der Waals surface area contributed by atoms with Crippen molar-refractivity contribution >= 4 is 11.6 Å². The number of aromatic nitrogens is 1. The summed E-state index contributed by atoms with van der Waals surface area (Å²) >= 11 is 0. The fourth-order valence-corrected chi connectivity index (χ4v) is 4.17. The number of likely N-dealkylation sites (tertiary alicyclic amines) is 1. The van der Waals surface area contributed by atoms with Crippen LogP contribution in [-0.4, -0.2) is 54.2 Å². The Hall–Kier alpha value is -2.60. The van der Waals surface area contributed by atoms with E-state index < -0.39 is 0 Å². The first-order chi connectivity index (χ1) is 13.7. The van der Waals surface area contributed by atoms with Crippen LogP contribution in [0.4, 0.5) is 5.69 Å². The van der Waals surface area contributed by atoms with Crippen molar-refractivity contribution in [3.8, 4) is 5.75 Å². The number of carbonyl (C=O) groups is 1. The van der Waals surface area contributed by atoms with Crippen LogP contribution in [0.25, 0.3) is 0 Å². The second kappa shape index (κ2) is 8.19. The third-order valence-electron chi connectivity index (χ3n) is 5.74. The Bertz CT molecular complexity index is 804. The first-order valence-corrected chi connectivity index (χ1v) is 9.88. The van der Waals surface area contributed by atoms with Crippen LogP contribution in [0.1, 0.15) is 25.0 Å². The maximum Gasteiger partial charge on any atom is 0.228 e. The zero-order valence-electron chi connectivity index (χ0n) is 16.3. The van der Waals surface area contributed by atoms with E-state index in [1.165, 1.54) is 0 Å². The largest absolute Gasteiger partial charge is 0.497 e. The van der Waals surface area contributed by atoms with Crippen molar-refractivity contribution in [2.75, 3.05) is 32.1 Å². The maximum atomic E-state index is 12.6. The summed E-state index contributed by atoms with van der Waals surface area (Å²) in [5, 5.41) is 3.56. The molecule has 1 N–H and O–H groups in total. The Kier molecular flexibility index (Phi) is 5.48. The van der Waals surface area contributed by atoms with Crippen LogP contribution in [0.3, 0.4) is 0 Å². The number of rotatable bonds is 5. The number of hydrogen-bond donors (Lipinski definition) is 1. The van der Waals surface area contributed by atoms with Crippen molar-refractivity contribution in [2.24, 2.45) is 0 Å². The van der Waals surface area contributed by atoms with Crippen LogP contribution >= 0.6 is 0 Å². The van der Waals surface area contributed by atoms with E-state index in [-0.39, 0.29) is 17.6 Å². The van der Waals surface area contributed by atoms with Gasteiger partial charge in [-0.2, -0.15) is 0 Å².